The van der Waals surface area contributed by atoms with Gasteiger partial charge in [0, 0.05) is 4.88 Å². The van der Waals surface area contributed by atoms with Gasteiger partial charge in [0.15, 0.2) is 0 Å². The molecule has 8 heteroatoms. The van der Waals surface area contributed by atoms with Crippen molar-refractivity contribution in [2.24, 2.45) is 0 Å². The molecule has 1 fully saturated rings. The molecular weight excluding hydrogens is 378 g/mol. The van der Waals surface area contributed by atoms with Gasteiger partial charge in [-0.3, -0.25) is 14.5 Å². The van der Waals surface area contributed by atoms with Crippen molar-refractivity contribution in [3.63, 3.8) is 0 Å². The topological polar surface area (TPSA) is 63.7 Å². The van der Waals surface area contributed by atoms with E-state index in [0.717, 1.165) is 25.3 Å². The van der Waals surface area contributed by atoms with Crippen LogP contribution >= 0.6 is 39.0 Å². The molecule has 1 atom stereocenters. The normalized spacial score (nSPS) is 18.4. The second-order valence-corrected chi connectivity index (χ2v) is 7.61. The average Bonchev–Trinajstić information content (AvgIpc) is 2.94. The minimum Gasteiger partial charge on any atom is -0.464 e. The molecule has 5 nitrogen and oxygen atoms in total. The van der Waals surface area contributed by atoms with Crippen LogP contribution in [0.4, 0.5) is 4.79 Å². The van der Waals surface area contributed by atoms with Crippen LogP contribution in [0.15, 0.2) is 20.8 Å². The standard InChI is InChI=1S/C13H12BrNO4S2/c1-3-19-12(17)7(2)15-11(16)9(21-13(15)18)6-8-4-5-10(14)20-8/h4-7H,3H2,1-2H3/b9-6-. The van der Waals surface area contributed by atoms with Crippen LogP contribution in [-0.2, 0) is 14.3 Å². The maximum atomic E-state index is 12.3. The molecule has 0 radical (unpaired) electrons. The van der Waals surface area contributed by atoms with E-state index in [1.807, 2.05) is 12.1 Å². The lowest BCUT2D eigenvalue weighted by molar-refractivity contribution is -0.150. The fraction of sp³-hybridized carbons (Fsp3) is 0.308. The summed E-state index contributed by atoms with van der Waals surface area (Å²) in [5.41, 5.74) is 0. The first-order valence-electron chi connectivity index (χ1n) is 6.13. The molecule has 1 aromatic rings. The van der Waals surface area contributed by atoms with E-state index in [9.17, 15) is 14.4 Å². The molecule has 2 heterocycles. The highest BCUT2D eigenvalue weighted by Gasteiger charge is 2.41. The third-order valence-electron chi connectivity index (χ3n) is 2.71. The zero-order valence-corrected chi connectivity index (χ0v) is 14.5. The third kappa shape index (κ3) is 3.56. The summed E-state index contributed by atoms with van der Waals surface area (Å²) in [5, 5.41) is -0.456. The first-order valence-corrected chi connectivity index (χ1v) is 8.55. The quantitative estimate of drug-likeness (QED) is 0.582. The van der Waals surface area contributed by atoms with E-state index in [4.69, 9.17) is 4.74 Å². The van der Waals surface area contributed by atoms with Crippen LogP contribution in [0.2, 0.25) is 0 Å². The number of thiophene rings is 1. The van der Waals surface area contributed by atoms with Crippen LogP contribution in [-0.4, -0.2) is 34.7 Å². The van der Waals surface area contributed by atoms with Gasteiger partial charge in [-0.2, -0.15) is 0 Å². The minimum atomic E-state index is -0.918. The molecule has 1 unspecified atom stereocenters. The molecule has 2 rings (SSSR count). The monoisotopic (exact) mass is 389 g/mol. The van der Waals surface area contributed by atoms with E-state index in [-0.39, 0.29) is 6.61 Å². The number of ether oxygens (including phenoxy) is 1. The van der Waals surface area contributed by atoms with Crippen molar-refractivity contribution < 1.29 is 19.1 Å². The Bertz CT molecular complexity index is 625. The van der Waals surface area contributed by atoms with Crippen molar-refractivity contribution in [2.45, 2.75) is 19.9 Å². The molecule has 0 saturated carbocycles. The SMILES string of the molecule is CCOC(=O)C(C)N1C(=O)S/C(=C\c2ccc(Br)s2)C1=O. The van der Waals surface area contributed by atoms with E-state index in [1.165, 1.54) is 18.3 Å². The van der Waals surface area contributed by atoms with Gasteiger partial charge >= 0.3 is 5.97 Å². The average molecular weight is 390 g/mol. The van der Waals surface area contributed by atoms with Crippen molar-refractivity contribution in [2.75, 3.05) is 6.61 Å². The predicted octanol–water partition coefficient (Wildman–Crippen LogP) is 3.50. The van der Waals surface area contributed by atoms with E-state index in [2.05, 4.69) is 15.9 Å². The van der Waals surface area contributed by atoms with Crippen LogP contribution in [0.25, 0.3) is 6.08 Å². The number of amides is 2. The largest absolute Gasteiger partial charge is 0.464 e. The number of carbonyl (C=O) groups excluding carboxylic acids is 3. The first kappa shape index (κ1) is 16.3. The van der Waals surface area contributed by atoms with Crippen molar-refractivity contribution in [3.05, 3.63) is 25.7 Å². The maximum absolute atomic E-state index is 12.3. The smallest absolute Gasteiger partial charge is 0.329 e. The van der Waals surface area contributed by atoms with Crippen molar-refractivity contribution in [1.29, 1.82) is 0 Å². The summed E-state index contributed by atoms with van der Waals surface area (Å²) < 4.78 is 5.79. The highest BCUT2D eigenvalue weighted by Crippen LogP contribution is 2.35. The molecule has 1 saturated heterocycles. The highest BCUT2D eigenvalue weighted by atomic mass is 79.9. The molecule has 0 aromatic carbocycles. The Morgan fingerprint density at radius 2 is 2.19 bits per heavy atom. The number of imide groups is 1. The summed E-state index contributed by atoms with van der Waals surface area (Å²) in [5.74, 6) is -1.05. The maximum Gasteiger partial charge on any atom is 0.329 e. The van der Waals surface area contributed by atoms with Gasteiger partial charge < -0.3 is 4.74 Å². The van der Waals surface area contributed by atoms with E-state index < -0.39 is 23.2 Å². The van der Waals surface area contributed by atoms with Gasteiger partial charge in [0.05, 0.1) is 15.3 Å². The Balaban J connectivity index is 2.20. The van der Waals surface area contributed by atoms with Gasteiger partial charge in [-0.25, -0.2) is 4.79 Å². The Morgan fingerprint density at radius 1 is 1.48 bits per heavy atom. The fourth-order valence-corrected chi connectivity index (χ4v) is 4.06. The molecule has 21 heavy (non-hydrogen) atoms. The number of rotatable bonds is 4. The molecule has 0 spiro atoms. The van der Waals surface area contributed by atoms with Gasteiger partial charge in [0.25, 0.3) is 11.1 Å². The van der Waals surface area contributed by atoms with Gasteiger partial charge in [0.2, 0.25) is 0 Å². The number of carbonyl (C=O) groups is 3. The molecule has 1 aromatic heterocycles. The van der Waals surface area contributed by atoms with Crippen LogP contribution in [0, 0.1) is 0 Å². The Labute approximate surface area is 138 Å². The highest BCUT2D eigenvalue weighted by molar-refractivity contribution is 9.11. The van der Waals surface area contributed by atoms with Gasteiger partial charge in [-0.1, -0.05) is 0 Å². The fourth-order valence-electron chi connectivity index (χ4n) is 1.72. The van der Waals surface area contributed by atoms with Crippen LogP contribution < -0.4 is 0 Å². The summed E-state index contributed by atoms with van der Waals surface area (Å²) in [6.45, 7) is 3.37. The molecule has 1 aliphatic heterocycles. The number of thioether (sulfide) groups is 1. The lowest BCUT2D eigenvalue weighted by Gasteiger charge is -2.19. The number of esters is 1. The summed E-state index contributed by atoms with van der Waals surface area (Å²) in [4.78, 5) is 38.0. The molecular formula is C13H12BrNO4S2. The van der Waals surface area contributed by atoms with Crippen molar-refractivity contribution in [3.8, 4) is 0 Å². The second-order valence-electron chi connectivity index (χ2n) is 4.12. The molecule has 0 N–H and O–H groups in total. The molecule has 2 amide bonds. The number of hydrogen-bond donors (Lipinski definition) is 0. The van der Waals surface area contributed by atoms with Gasteiger partial charge in [-0.05, 0) is 59.7 Å². The lowest BCUT2D eigenvalue weighted by Crippen LogP contribution is -2.42. The van der Waals surface area contributed by atoms with E-state index in [0.29, 0.717) is 4.91 Å². The minimum absolute atomic E-state index is 0.207. The van der Waals surface area contributed by atoms with Crippen molar-refractivity contribution in [1.82, 2.24) is 4.90 Å². The summed E-state index contributed by atoms with van der Waals surface area (Å²) >= 11 is 5.63. The first-order chi connectivity index (χ1) is 9.93. The number of nitrogens with zero attached hydrogens (tertiary/aromatic N) is 1. The summed E-state index contributed by atoms with van der Waals surface area (Å²) in [6, 6.07) is 2.79. The van der Waals surface area contributed by atoms with Crippen LogP contribution in [0.1, 0.15) is 18.7 Å². The number of hydrogen-bond acceptors (Lipinski definition) is 6. The second kappa shape index (κ2) is 6.76. The zero-order chi connectivity index (χ0) is 15.6. The third-order valence-corrected chi connectivity index (χ3v) is 5.16. The van der Waals surface area contributed by atoms with Crippen LogP contribution in [0.3, 0.4) is 0 Å². The Kier molecular flexibility index (Phi) is 5.23. The van der Waals surface area contributed by atoms with Gasteiger partial charge in [-0.15, -0.1) is 11.3 Å². The van der Waals surface area contributed by atoms with Crippen molar-refractivity contribution >= 4 is 62.2 Å². The summed E-state index contributed by atoms with van der Waals surface area (Å²) in [7, 11) is 0. The zero-order valence-electron chi connectivity index (χ0n) is 11.3. The van der Waals surface area contributed by atoms with E-state index in [1.54, 1.807) is 13.0 Å². The predicted molar refractivity (Wildman–Crippen MR) is 85.9 cm³/mol. The van der Waals surface area contributed by atoms with Gasteiger partial charge in [0.1, 0.15) is 6.04 Å². The Morgan fingerprint density at radius 3 is 2.76 bits per heavy atom. The molecule has 1 aliphatic rings. The lowest BCUT2D eigenvalue weighted by atomic mass is 10.3. The Hall–Kier alpha value is -1.12. The molecule has 0 aliphatic carbocycles. The molecule has 112 valence electrons. The molecule has 0 bridgehead atoms. The van der Waals surface area contributed by atoms with Crippen LogP contribution in [0.5, 0.6) is 0 Å². The van der Waals surface area contributed by atoms with E-state index >= 15 is 0 Å². The number of halogens is 1. The summed E-state index contributed by atoms with van der Waals surface area (Å²) in [6.07, 6.45) is 1.65.